The topological polar surface area (TPSA) is 55.8 Å². The van der Waals surface area contributed by atoms with Crippen LogP contribution >= 0.6 is 0 Å². The molecule has 0 aromatic heterocycles. The summed E-state index contributed by atoms with van der Waals surface area (Å²) in [5.41, 5.74) is 0.671. The van der Waals surface area contributed by atoms with E-state index in [9.17, 15) is 9.90 Å². The Hall–Kier alpha value is -1.97. The van der Waals surface area contributed by atoms with Crippen molar-refractivity contribution in [3.8, 4) is 5.75 Å². The molecule has 0 radical (unpaired) electrons. The molecular weight excluding hydrogens is 208 g/mol. The predicted octanol–water partition coefficient (Wildman–Crippen LogP) is 2.16. The van der Waals surface area contributed by atoms with Gasteiger partial charge in [-0.05, 0) is 30.7 Å². The van der Waals surface area contributed by atoms with Crippen molar-refractivity contribution >= 4 is 12.0 Å². The summed E-state index contributed by atoms with van der Waals surface area (Å²) in [6, 6.07) is 7.00. The van der Waals surface area contributed by atoms with Gasteiger partial charge in [0.15, 0.2) is 0 Å². The van der Waals surface area contributed by atoms with E-state index in [1.807, 2.05) is 0 Å². The van der Waals surface area contributed by atoms with Crippen LogP contribution in [0.2, 0.25) is 0 Å². The van der Waals surface area contributed by atoms with Crippen LogP contribution in [-0.4, -0.2) is 24.8 Å². The quantitative estimate of drug-likeness (QED) is 0.482. The largest absolute Gasteiger partial charge is 0.502 e. The highest BCUT2D eigenvalue weighted by molar-refractivity contribution is 5.90. The third kappa shape index (κ3) is 3.31. The summed E-state index contributed by atoms with van der Waals surface area (Å²) in [7, 11) is 1.55. The fourth-order valence-electron chi connectivity index (χ4n) is 1.15. The molecule has 0 saturated heterocycles. The van der Waals surface area contributed by atoms with Gasteiger partial charge in [0, 0.05) is 0 Å². The number of methoxy groups -OCH3 is 1. The maximum atomic E-state index is 11.1. The van der Waals surface area contributed by atoms with Crippen molar-refractivity contribution in [3.05, 3.63) is 35.6 Å². The standard InChI is InChI=1S/C12H14O4/c1-3-16-12(14)11(13)8-9-5-4-6-10(7-9)15-2/h4-8,13H,3H2,1-2H3/b11-8-. The first-order valence-electron chi connectivity index (χ1n) is 4.89. The summed E-state index contributed by atoms with van der Waals surface area (Å²) in [5.74, 6) is -0.495. The second kappa shape index (κ2) is 5.80. The van der Waals surface area contributed by atoms with Gasteiger partial charge in [-0.15, -0.1) is 0 Å². The van der Waals surface area contributed by atoms with Crippen LogP contribution in [-0.2, 0) is 9.53 Å². The predicted molar refractivity (Wildman–Crippen MR) is 60.2 cm³/mol. The van der Waals surface area contributed by atoms with Gasteiger partial charge in [-0.2, -0.15) is 0 Å². The number of hydrogen-bond acceptors (Lipinski definition) is 4. The zero-order valence-corrected chi connectivity index (χ0v) is 9.27. The molecule has 0 unspecified atom stereocenters. The molecule has 1 aromatic rings. The minimum Gasteiger partial charge on any atom is -0.502 e. The number of aliphatic hydroxyl groups excluding tert-OH is 1. The number of benzene rings is 1. The highest BCUT2D eigenvalue weighted by atomic mass is 16.5. The summed E-state index contributed by atoms with van der Waals surface area (Å²) in [6.07, 6.45) is 1.33. The molecule has 1 aromatic carbocycles. The normalized spacial score (nSPS) is 11.0. The molecule has 0 saturated carbocycles. The molecule has 0 aliphatic rings. The summed E-state index contributed by atoms with van der Waals surface area (Å²) < 4.78 is 9.66. The van der Waals surface area contributed by atoms with E-state index in [2.05, 4.69) is 4.74 Å². The lowest BCUT2D eigenvalue weighted by Crippen LogP contribution is -2.06. The van der Waals surface area contributed by atoms with Crippen molar-refractivity contribution in [2.24, 2.45) is 0 Å². The molecule has 0 bridgehead atoms. The van der Waals surface area contributed by atoms with E-state index in [-0.39, 0.29) is 6.61 Å². The molecule has 86 valence electrons. The molecule has 0 spiro atoms. The maximum Gasteiger partial charge on any atom is 0.373 e. The molecule has 16 heavy (non-hydrogen) atoms. The molecular formula is C12H14O4. The van der Waals surface area contributed by atoms with E-state index in [1.165, 1.54) is 6.08 Å². The Bertz CT molecular complexity index is 396. The Morgan fingerprint density at radius 3 is 2.88 bits per heavy atom. The van der Waals surface area contributed by atoms with Crippen molar-refractivity contribution in [3.63, 3.8) is 0 Å². The number of carbonyl (C=O) groups excluding carboxylic acids is 1. The van der Waals surface area contributed by atoms with Gasteiger partial charge in [0.2, 0.25) is 5.76 Å². The van der Waals surface area contributed by atoms with Crippen molar-refractivity contribution in [2.45, 2.75) is 6.92 Å². The van der Waals surface area contributed by atoms with Crippen molar-refractivity contribution in [1.82, 2.24) is 0 Å². The second-order valence-corrected chi connectivity index (χ2v) is 3.03. The summed E-state index contributed by atoms with van der Waals surface area (Å²) >= 11 is 0. The van der Waals surface area contributed by atoms with Crippen LogP contribution < -0.4 is 4.74 Å². The van der Waals surface area contributed by atoms with Gasteiger partial charge < -0.3 is 14.6 Å². The van der Waals surface area contributed by atoms with Gasteiger partial charge in [0.1, 0.15) is 5.75 Å². The number of hydrogen-bond donors (Lipinski definition) is 1. The minimum atomic E-state index is -0.731. The Morgan fingerprint density at radius 1 is 1.50 bits per heavy atom. The number of esters is 1. The average molecular weight is 222 g/mol. The molecule has 4 heteroatoms. The van der Waals surface area contributed by atoms with Crippen LogP contribution in [0.4, 0.5) is 0 Å². The average Bonchev–Trinajstić information content (AvgIpc) is 2.29. The third-order valence-corrected chi connectivity index (χ3v) is 1.88. The number of rotatable bonds is 4. The first-order valence-corrected chi connectivity index (χ1v) is 4.89. The summed E-state index contributed by atoms with van der Waals surface area (Å²) in [6.45, 7) is 1.91. The van der Waals surface area contributed by atoms with Crippen molar-refractivity contribution in [2.75, 3.05) is 13.7 Å². The van der Waals surface area contributed by atoms with Gasteiger partial charge >= 0.3 is 5.97 Å². The Balaban J connectivity index is 2.84. The van der Waals surface area contributed by atoms with Crippen LogP contribution in [0, 0.1) is 0 Å². The van der Waals surface area contributed by atoms with Gasteiger partial charge in [0.05, 0.1) is 13.7 Å². The van der Waals surface area contributed by atoms with E-state index >= 15 is 0 Å². The van der Waals surface area contributed by atoms with Crippen LogP contribution in [0.15, 0.2) is 30.0 Å². The minimum absolute atomic E-state index is 0.231. The van der Waals surface area contributed by atoms with E-state index in [4.69, 9.17) is 4.74 Å². The molecule has 0 atom stereocenters. The van der Waals surface area contributed by atoms with Crippen LogP contribution in [0.3, 0.4) is 0 Å². The molecule has 1 N–H and O–H groups in total. The second-order valence-electron chi connectivity index (χ2n) is 3.03. The summed E-state index contributed by atoms with van der Waals surface area (Å²) in [4.78, 5) is 11.1. The molecule has 0 aliphatic carbocycles. The lowest BCUT2D eigenvalue weighted by atomic mass is 10.2. The zero-order valence-electron chi connectivity index (χ0n) is 9.27. The molecule has 0 aliphatic heterocycles. The fraction of sp³-hybridized carbons (Fsp3) is 0.250. The molecule has 4 nitrogen and oxygen atoms in total. The van der Waals surface area contributed by atoms with Gasteiger partial charge in [0.25, 0.3) is 0 Å². The Morgan fingerprint density at radius 2 is 2.25 bits per heavy atom. The van der Waals surface area contributed by atoms with Gasteiger partial charge in [-0.1, -0.05) is 12.1 Å². The van der Waals surface area contributed by atoms with Crippen molar-refractivity contribution < 1.29 is 19.4 Å². The molecule has 0 amide bonds. The number of aliphatic hydroxyl groups is 1. The monoisotopic (exact) mass is 222 g/mol. The summed E-state index contributed by atoms with van der Waals surface area (Å²) in [5, 5.41) is 9.41. The maximum absolute atomic E-state index is 11.1. The fourth-order valence-corrected chi connectivity index (χ4v) is 1.15. The van der Waals surface area contributed by atoms with Crippen molar-refractivity contribution in [1.29, 1.82) is 0 Å². The third-order valence-electron chi connectivity index (χ3n) is 1.88. The van der Waals surface area contributed by atoms with E-state index in [0.29, 0.717) is 11.3 Å². The van der Waals surface area contributed by atoms with E-state index in [1.54, 1.807) is 38.3 Å². The van der Waals surface area contributed by atoms with E-state index in [0.717, 1.165) is 0 Å². The highest BCUT2D eigenvalue weighted by Gasteiger charge is 2.07. The first-order chi connectivity index (χ1) is 7.67. The van der Waals surface area contributed by atoms with Gasteiger partial charge in [-0.3, -0.25) is 0 Å². The Labute approximate surface area is 94.1 Å². The van der Waals surface area contributed by atoms with Crippen LogP contribution in [0.5, 0.6) is 5.75 Å². The highest BCUT2D eigenvalue weighted by Crippen LogP contribution is 2.15. The van der Waals surface area contributed by atoms with Crippen LogP contribution in [0.25, 0.3) is 6.08 Å². The van der Waals surface area contributed by atoms with E-state index < -0.39 is 11.7 Å². The lowest BCUT2D eigenvalue weighted by Gasteiger charge is -2.02. The van der Waals surface area contributed by atoms with Gasteiger partial charge in [-0.25, -0.2) is 4.79 Å². The SMILES string of the molecule is CCOC(=O)/C(O)=C/c1cccc(OC)c1. The Kier molecular flexibility index (Phi) is 4.39. The van der Waals surface area contributed by atoms with Crippen LogP contribution in [0.1, 0.15) is 12.5 Å². The molecule has 0 fully saturated rings. The number of carbonyl (C=O) groups is 1. The number of ether oxygens (including phenoxy) is 2. The first kappa shape index (κ1) is 12.1. The smallest absolute Gasteiger partial charge is 0.373 e. The molecule has 0 heterocycles. The lowest BCUT2D eigenvalue weighted by molar-refractivity contribution is -0.141. The molecule has 1 rings (SSSR count). The zero-order chi connectivity index (χ0) is 12.0.